The number of aliphatic hydroxyl groups is 1. The molecule has 596 valence electrons. The van der Waals surface area contributed by atoms with E-state index in [4.69, 9.17) is 37.0 Å². The topological polar surface area (TPSA) is 237 Å². The zero-order chi connectivity index (χ0) is 76.0. The summed E-state index contributed by atoms with van der Waals surface area (Å²) in [5.41, 5.74) is 0. The lowest BCUT2D eigenvalue weighted by atomic mass is 10.0. The van der Waals surface area contributed by atoms with Crippen LogP contribution in [0.1, 0.15) is 323 Å². The number of allylic oxidation sites excluding steroid dienone is 21. The monoisotopic (exact) mass is 1500 g/mol. The lowest BCUT2D eigenvalue weighted by Gasteiger charge is -2.21. The van der Waals surface area contributed by atoms with Gasteiger partial charge in [0.25, 0.3) is 0 Å². The maximum atomic E-state index is 13.1. The Morgan fingerprint density at radius 2 is 0.538 bits per heavy atom. The Kier molecular flexibility index (Phi) is 72.9. The number of rotatable bonds is 75. The van der Waals surface area contributed by atoms with Gasteiger partial charge in [-0.3, -0.25) is 37.3 Å². The number of carbonyl (C=O) groups excluding carboxylic acids is 4. The number of hydrogen-bond acceptors (Lipinski definition) is 15. The third-order valence-electron chi connectivity index (χ3n) is 16.7. The van der Waals surface area contributed by atoms with Crippen molar-refractivity contribution in [1.82, 2.24) is 0 Å². The van der Waals surface area contributed by atoms with Crippen LogP contribution in [0.5, 0.6) is 0 Å². The van der Waals surface area contributed by atoms with Crippen molar-refractivity contribution in [1.29, 1.82) is 0 Å². The average Bonchev–Trinajstić information content (AvgIpc) is 0.918. The molecule has 0 amide bonds. The summed E-state index contributed by atoms with van der Waals surface area (Å²) in [6, 6.07) is 0. The molecular weight excluding hydrogens is 1350 g/mol. The molecule has 0 spiro atoms. The third kappa shape index (κ3) is 75.4. The first-order valence-corrected chi connectivity index (χ1v) is 43.4. The summed E-state index contributed by atoms with van der Waals surface area (Å²) < 4.78 is 68.4. The first-order chi connectivity index (χ1) is 50.7. The van der Waals surface area contributed by atoms with Gasteiger partial charge in [0, 0.05) is 19.3 Å². The van der Waals surface area contributed by atoms with Crippen molar-refractivity contribution in [3.8, 4) is 0 Å². The van der Waals surface area contributed by atoms with E-state index in [1.54, 1.807) is 12.2 Å². The quantitative estimate of drug-likeness (QED) is 0.0169. The molecule has 0 saturated heterocycles. The molecule has 3 N–H and O–H groups in total. The number of esters is 4. The SMILES string of the molecule is CC/C=C\C/C=C\C/C=C\C/C=C\C/C=C\C/C=C\CCC(=O)OCC(COP(=O)(O)OCC(O)COP(=O)(O)OCC(COC(=O)CCCCCCCCCCCCCCCCC)OC(=O)CCCCCCCCCCCCCCCCC)OC(=O)C/C=C\C/C=C\C/C=C\C/C=C\C/C=C\CC. The molecule has 17 nitrogen and oxygen atoms in total. The Hall–Kier alpha value is -4.80. The third-order valence-corrected chi connectivity index (χ3v) is 18.6. The van der Waals surface area contributed by atoms with Gasteiger partial charge in [0.2, 0.25) is 0 Å². The molecule has 104 heavy (non-hydrogen) atoms. The minimum atomic E-state index is -5.02. The standard InChI is InChI=1S/C85H144O17P2/c1-5-9-13-17-21-25-29-33-37-38-39-40-44-46-50-54-58-62-66-70-83(88)96-76-81(102-85(90)72-68-64-60-56-52-48-43-36-32-28-24-20-16-12-8-4)78-100-104(93,94)98-74-79(86)73-97-103(91,92)99-77-80(101-84(89)71-67-63-59-55-51-47-42-35-31-27-23-19-15-11-7-3)75-95-82(87)69-65-61-57-53-49-45-41-34-30-26-22-18-14-10-6-2/h9,12-13,16,21,24-25,28,33,36-37,39-40,43,46,50,52,56,58,62,64,68,79-81,86H,5-8,10-11,14-15,17-20,22-23,26-27,29-32,34-35,38,41-42,44-45,47-49,51,53-55,57,59-61,63,65-67,69-78H2,1-4H3,(H,91,92)(H,93,94)/b13-9-,16-12-,25-21-,28-24-,37-33-,40-39-,43-36-,50-46-,56-52-,62-58-,68-64-. The van der Waals surface area contributed by atoms with E-state index in [-0.39, 0.29) is 25.7 Å². The Morgan fingerprint density at radius 1 is 0.288 bits per heavy atom. The zero-order valence-corrected chi connectivity index (χ0v) is 66.9. The average molecular weight is 1500 g/mol. The van der Waals surface area contributed by atoms with Crippen LogP contribution in [0.25, 0.3) is 0 Å². The van der Waals surface area contributed by atoms with Gasteiger partial charge in [-0.25, -0.2) is 9.13 Å². The molecule has 0 aromatic carbocycles. The Balaban J connectivity index is 5.47. The fourth-order valence-corrected chi connectivity index (χ4v) is 12.2. The van der Waals surface area contributed by atoms with E-state index in [9.17, 15) is 43.2 Å². The normalized spacial score (nSPS) is 14.6. The van der Waals surface area contributed by atoms with Crippen molar-refractivity contribution in [3.05, 3.63) is 134 Å². The van der Waals surface area contributed by atoms with Crippen LogP contribution in [0, 0.1) is 0 Å². The van der Waals surface area contributed by atoms with Gasteiger partial charge in [-0.2, -0.15) is 0 Å². The predicted octanol–water partition coefficient (Wildman–Crippen LogP) is 23.7. The predicted molar refractivity (Wildman–Crippen MR) is 427 cm³/mol. The molecule has 0 rings (SSSR count). The number of phosphoric acid groups is 2. The van der Waals surface area contributed by atoms with Crippen LogP contribution < -0.4 is 0 Å². The van der Waals surface area contributed by atoms with E-state index in [2.05, 4.69) is 119 Å². The van der Waals surface area contributed by atoms with Crippen LogP contribution in [0.4, 0.5) is 0 Å². The highest BCUT2D eigenvalue weighted by Gasteiger charge is 2.30. The van der Waals surface area contributed by atoms with Crippen molar-refractivity contribution >= 4 is 39.5 Å². The molecule has 5 atom stereocenters. The summed E-state index contributed by atoms with van der Waals surface area (Å²) in [6.45, 7) is 4.48. The molecule has 0 aliphatic heterocycles. The van der Waals surface area contributed by atoms with Gasteiger partial charge >= 0.3 is 39.5 Å². The summed E-state index contributed by atoms with van der Waals surface area (Å²) in [7, 11) is -10.0. The van der Waals surface area contributed by atoms with Crippen LogP contribution in [0.2, 0.25) is 0 Å². The van der Waals surface area contributed by atoms with Crippen LogP contribution in [-0.2, 0) is 65.4 Å². The van der Waals surface area contributed by atoms with Crippen LogP contribution >= 0.6 is 15.6 Å². The summed E-state index contributed by atoms with van der Waals surface area (Å²) in [5, 5.41) is 10.6. The van der Waals surface area contributed by atoms with Crippen LogP contribution in [0.3, 0.4) is 0 Å². The summed E-state index contributed by atoms with van der Waals surface area (Å²) >= 11 is 0. The molecule has 0 aliphatic rings. The molecule has 0 saturated carbocycles. The Bertz CT molecular complexity index is 2490. The Labute approximate surface area is 631 Å². The van der Waals surface area contributed by atoms with Gasteiger partial charge in [-0.05, 0) is 89.9 Å². The van der Waals surface area contributed by atoms with Crippen molar-refractivity contribution < 1.29 is 80.2 Å². The highest BCUT2D eigenvalue weighted by Crippen LogP contribution is 2.45. The number of carbonyl (C=O) groups is 4. The molecule has 0 aliphatic carbocycles. The fraction of sp³-hybridized carbons (Fsp3) is 0.694. The lowest BCUT2D eigenvalue weighted by Crippen LogP contribution is -2.30. The maximum absolute atomic E-state index is 13.1. The minimum absolute atomic E-state index is 0.0137. The van der Waals surface area contributed by atoms with Gasteiger partial charge in [-0.1, -0.05) is 341 Å². The number of ether oxygens (including phenoxy) is 4. The molecule has 5 unspecified atom stereocenters. The minimum Gasteiger partial charge on any atom is -0.462 e. The molecule has 19 heteroatoms. The van der Waals surface area contributed by atoms with Gasteiger partial charge in [0.1, 0.15) is 19.3 Å². The van der Waals surface area contributed by atoms with E-state index in [0.717, 1.165) is 103 Å². The lowest BCUT2D eigenvalue weighted by molar-refractivity contribution is -0.161. The number of aliphatic hydroxyl groups excluding tert-OH is 1. The van der Waals surface area contributed by atoms with Crippen molar-refractivity contribution in [3.63, 3.8) is 0 Å². The van der Waals surface area contributed by atoms with E-state index in [1.807, 2.05) is 30.4 Å². The molecule has 0 fully saturated rings. The van der Waals surface area contributed by atoms with E-state index in [1.165, 1.54) is 135 Å². The highest BCUT2D eigenvalue weighted by atomic mass is 31.2. The van der Waals surface area contributed by atoms with Gasteiger partial charge < -0.3 is 33.8 Å². The van der Waals surface area contributed by atoms with Crippen molar-refractivity contribution in [2.45, 2.75) is 341 Å². The highest BCUT2D eigenvalue weighted by molar-refractivity contribution is 7.47. The van der Waals surface area contributed by atoms with Gasteiger partial charge in [-0.15, -0.1) is 0 Å². The smallest absolute Gasteiger partial charge is 0.462 e. The maximum Gasteiger partial charge on any atom is 0.472 e. The second kappa shape index (κ2) is 76.4. The second-order valence-corrected chi connectivity index (χ2v) is 29.5. The van der Waals surface area contributed by atoms with Gasteiger partial charge in [0.05, 0.1) is 32.8 Å². The van der Waals surface area contributed by atoms with Crippen molar-refractivity contribution in [2.24, 2.45) is 0 Å². The first-order valence-electron chi connectivity index (χ1n) is 40.4. The second-order valence-electron chi connectivity index (χ2n) is 26.6. The molecule has 0 heterocycles. The number of unbranched alkanes of at least 4 members (excludes halogenated alkanes) is 28. The largest absolute Gasteiger partial charge is 0.472 e. The summed E-state index contributed by atoms with van der Waals surface area (Å²) in [4.78, 5) is 72.9. The van der Waals surface area contributed by atoms with E-state index < -0.39 is 97.5 Å². The first kappa shape index (κ1) is 99.2. The molecule has 0 aromatic rings. The number of hydrogen-bond donors (Lipinski definition) is 3. The zero-order valence-electron chi connectivity index (χ0n) is 65.2. The Morgan fingerprint density at radius 3 is 0.856 bits per heavy atom. The van der Waals surface area contributed by atoms with E-state index >= 15 is 0 Å². The fourth-order valence-electron chi connectivity index (χ4n) is 10.6. The summed E-state index contributed by atoms with van der Waals surface area (Å²) in [5.74, 6) is -2.41. The summed E-state index contributed by atoms with van der Waals surface area (Å²) in [6.07, 6.45) is 86.2. The molecule has 0 radical (unpaired) electrons. The van der Waals surface area contributed by atoms with Gasteiger partial charge in [0.15, 0.2) is 12.2 Å². The van der Waals surface area contributed by atoms with Crippen molar-refractivity contribution in [2.75, 3.05) is 39.6 Å². The van der Waals surface area contributed by atoms with Crippen LogP contribution in [0.15, 0.2) is 134 Å². The van der Waals surface area contributed by atoms with E-state index in [0.29, 0.717) is 32.1 Å². The molecule has 0 aromatic heterocycles. The van der Waals surface area contributed by atoms with Crippen LogP contribution in [-0.4, -0.2) is 96.7 Å². The molecule has 0 bridgehead atoms. The number of phosphoric ester groups is 2. The molecular formula is C85H144O17P2.